The molecule has 1 N–H and O–H groups in total. The van der Waals surface area contributed by atoms with E-state index in [1.54, 1.807) is 10.9 Å². The molecular weight excluding hydrogens is 402 g/mol. The molecule has 7 heteroatoms. The lowest BCUT2D eigenvalue weighted by molar-refractivity contribution is 0.0991. The molecule has 5 rings (SSSR count). The Morgan fingerprint density at radius 2 is 1.91 bits per heavy atom. The highest BCUT2D eigenvalue weighted by molar-refractivity contribution is 5.97. The third-order valence-electron chi connectivity index (χ3n) is 5.75. The predicted octanol–water partition coefficient (Wildman–Crippen LogP) is 3.59. The third-order valence-corrected chi connectivity index (χ3v) is 5.75. The summed E-state index contributed by atoms with van der Waals surface area (Å²) in [7, 11) is 1.89. The van der Waals surface area contributed by atoms with Gasteiger partial charge >= 0.3 is 0 Å². The van der Waals surface area contributed by atoms with Crippen LogP contribution in [0.15, 0.2) is 61.1 Å². The van der Waals surface area contributed by atoms with Crippen LogP contribution in [-0.4, -0.2) is 44.7 Å². The van der Waals surface area contributed by atoms with Crippen molar-refractivity contribution in [2.45, 2.75) is 25.4 Å². The fourth-order valence-corrected chi connectivity index (χ4v) is 3.97. The van der Waals surface area contributed by atoms with Gasteiger partial charge < -0.3 is 10.1 Å². The minimum absolute atomic E-state index is 0.0128. The summed E-state index contributed by atoms with van der Waals surface area (Å²) in [5, 5.41) is 8.50. The average molecular weight is 428 g/mol. The van der Waals surface area contributed by atoms with Crippen molar-refractivity contribution in [1.82, 2.24) is 25.1 Å². The molecule has 0 amide bonds. The minimum Gasteiger partial charge on any atom is -0.490 e. The van der Waals surface area contributed by atoms with E-state index in [1.165, 1.54) is 0 Å². The second-order valence-corrected chi connectivity index (χ2v) is 8.15. The summed E-state index contributed by atoms with van der Waals surface area (Å²) in [6.07, 6.45) is 7.96. The quantitative estimate of drug-likeness (QED) is 0.474. The van der Waals surface area contributed by atoms with E-state index in [0.717, 1.165) is 53.7 Å². The molecule has 0 radical (unpaired) electrons. The summed E-state index contributed by atoms with van der Waals surface area (Å²) in [5.41, 5.74) is 3.51. The number of hydrogen-bond acceptors (Lipinski definition) is 6. The largest absolute Gasteiger partial charge is 0.490 e. The van der Waals surface area contributed by atoms with Gasteiger partial charge in [-0.1, -0.05) is 12.1 Å². The first-order chi connectivity index (χ1) is 15.6. The van der Waals surface area contributed by atoms with Crippen molar-refractivity contribution in [3.63, 3.8) is 0 Å². The molecule has 162 valence electrons. The van der Waals surface area contributed by atoms with E-state index in [2.05, 4.69) is 20.4 Å². The average Bonchev–Trinajstić information content (AvgIpc) is 3.26. The lowest BCUT2D eigenvalue weighted by atomic mass is 10.1. The van der Waals surface area contributed by atoms with Gasteiger partial charge in [0.15, 0.2) is 5.78 Å². The Kier molecular flexibility index (Phi) is 5.64. The molecule has 0 spiro atoms. The highest BCUT2D eigenvalue weighted by atomic mass is 16.5. The number of ether oxygens (including phenoxy) is 1. The topological polar surface area (TPSA) is 81.9 Å². The summed E-state index contributed by atoms with van der Waals surface area (Å²) >= 11 is 0. The lowest BCUT2D eigenvalue weighted by Crippen LogP contribution is -2.34. The second-order valence-electron chi connectivity index (χ2n) is 8.15. The number of fused-ring (bicyclic) bond motifs is 1. The molecule has 4 aromatic rings. The van der Waals surface area contributed by atoms with Crippen LogP contribution in [0, 0.1) is 0 Å². The van der Waals surface area contributed by atoms with Crippen molar-refractivity contribution in [3.8, 4) is 16.9 Å². The fourth-order valence-electron chi connectivity index (χ4n) is 3.97. The standard InChI is InChI=1S/C25H25N5O2/c1-30-16-20(15-28-30)18-2-3-19-14-27-25(29-23(19)12-18)13-24(31)17-4-6-21(7-5-17)32-22-8-10-26-11-9-22/h2-7,12,14-16,22,26H,8-11,13H2,1H3. The molecule has 0 bridgehead atoms. The van der Waals surface area contributed by atoms with E-state index in [0.29, 0.717) is 11.4 Å². The Hall–Kier alpha value is -3.58. The van der Waals surface area contributed by atoms with Gasteiger partial charge in [-0.05, 0) is 61.8 Å². The van der Waals surface area contributed by atoms with Crippen LogP contribution in [0.5, 0.6) is 5.75 Å². The number of carbonyl (C=O) groups excluding carboxylic acids is 1. The van der Waals surface area contributed by atoms with Crippen molar-refractivity contribution in [2.24, 2.45) is 7.05 Å². The van der Waals surface area contributed by atoms with Crippen LogP contribution < -0.4 is 10.1 Å². The van der Waals surface area contributed by atoms with Gasteiger partial charge in [-0.15, -0.1) is 0 Å². The lowest BCUT2D eigenvalue weighted by Gasteiger charge is -2.23. The molecule has 0 saturated carbocycles. The van der Waals surface area contributed by atoms with E-state index in [-0.39, 0.29) is 18.3 Å². The van der Waals surface area contributed by atoms with E-state index in [4.69, 9.17) is 4.74 Å². The molecule has 3 heterocycles. The number of nitrogens with zero attached hydrogens (tertiary/aromatic N) is 4. The fraction of sp³-hybridized carbons (Fsp3) is 0.280. The van der Waals surface area contributed by atoms with Crippen molar-refractivity contribution < 1.29 is 9.53 Å². The molecular formula is C25H25N5O2. The zero-order valence-electron chi connectivity index (χ0n) is 18.0. The first-order valence-corrected chi connectivity index (χ1v) is 10.9. The van der Waals surface area contributed by atoms with E-state index >= 15 is 0 Å². The van der Waals surface area contributed by atoms with Gasteiger partial charge in [0.05, 0.1) is 18.1 Å². The van der Waals surface area contributed by atoms with Gasteiger partial charge in [0.1, 0.15) is 17.7 Å². The smallest absolute Gasteiger partial charge is 0.170 e. The number of aromatic nitrogens is 4. The van der Waals surface area contributed by atoms with Crippen LogP contribution in [0.4, 0.5) is 0 Å². The Balaban J connectivity index is 1.29. The molecule has 0 atom stereocenters. The van der Waals surface area contributed by atoms with Crippen molar-refractivity contribution in [2.75, 3.05) is 13.1 Å². The van der Waals surface area contributed by atoms with Gasteiger partial charge in [-0.3, -0.25) is 9.48 Å². The van der Waals surface area contributed by atoms with Crippen LogP contribution in [-0.2, 0) is 13.5 Å². The van der Waals surface area contributed by atoms with E-state index in [9.17, 15) is 4.79 Å². The maximum Gasteiger partial charge on any atom is 0.170 e. The molecule has 0 unspecified atom stereocenters. The summed E-state index contributed by atoms with van der Waals surface area (Å²) < 4.78 is 7.79. The number of carbonyl (C=O) groups is 1. The van der Waals surface area contributed by atoms with Crippen molar-refractivity contribution >= 4 is 16.7 Å². The number of hydrogen-bond donors (Lipinski definition) is 1. The first-order valence-electron chi connectivity index (χ1n) is 10.9. The number of aryl methyl sites for hydroxylation is 1. The molecule has 1 aliphatic rings. The summed E-state index contributed by atoms with van der Waals surface area (Å²) in [4.78, 5) is 21.8. The highest BCUT2D eigenvalue weighted by Gasteiger charge is 2.15. The van der Waals surface area contributed by atoms with Gasteiger partial charge in [0, 0.05) is 36.0 Å². The molecule has 1 saturated heterocycles. The van der Waals surface area contributed by atoms with Gasteiger partial charge in [0.2, 0.25) is 0 Å². The third kappa shape index (κ3) is 4.53. The Labute approximate surface area is 186 Å². The summed E-state index contributed by atoms with van der Waals surface area (Å²) in [5.74, 6) is 1.31. The van der Waals surface area contributed by atoms with Crippen LogP contribution in [0.2, 0.25) is 0 Å². The predicted molar refractivity (Wildman–Crippen MR) is 123 cm³/mol. The summed E-state index contributed by atoms with van der Waals surface area (Å²) in [6, 6.07) is 13.4. The molecule has 32 heavy (non-hydrogen) atoms. The minimum atomic E-state index is -0.0128. The maximum absolute atomic E-state index is 12.8. The number of rotatable bonds is 6. The van der Waals surface area contributed by atoms with E-state index < -0.39 is 0 Å². The Morgan fingerprint density at radius 3 is 2.66 bits per heavy atom. The number of piperidine rings is 1. The zero-order valence-corrected chi connectivity index (χ0v) is 18.0. The maximum atomic E-state index is 12.8. The van der Waals surface area contributed by atoms with Gasteiger partial charge in [-0.2, -0.15) is 5.10 Å². The van der Waals surface area contributed by atoms with Crippen LogP contribution >= 0.6 is 0 Å². The van der Waals surface area contributed by atoms with Crippen molar-refractivity contribution in [1.29, 1.82) is 0 Å². The SMILES string of the molecule is Cn1cc(-c2ccc3cnc(CC(=O)c4ccc(OC5CCNCC5)cc4)nc3c2)cn1. The number of Topliss-reactive ketones (excluding diaryl/α,β-unsaturated/α-hetero) is 1. The Bertz CT molecular complexity index is 1240. The first kappa shape index (κ1) is 20.3. The number of ketones is 1. The molecule has 1 fully saturated rings. The molecule has 7 nitrogen and oxygen atoms in total. The number of nitrogens with one attached hydrogen (secondary N) is 1. The van der Waals surface area contributed by atoms with Crippen LogP contribution in [0.3, 0.4) is 0 Å². The van der Waals surface area contributed by atoms with Gasteiger partial charge in [-0.25, -0.2) is 9.97 Å². The van der Waals surface area contributed by atoms with Crippen LogP contribution in [0.1, 0.15) is 29.0 Å². The molecule has 1 aliphatic heterocycles. The molecule has 2 aromatic heterocycles. The molecule has 2 aromatic carbocycles. The number of benzene rings is 2. The van der Waals surface area contributed by atoms with Crippen LogP contribution in [0.25, 0.3) is 22.0 Å². The highest BCUT2D eigenvalue weighted by Crippen LogP contribution is 2.23. The van der Waals surface area contributed by atoms with Crippen molar-refractivity contribution in [3.05, 3.63) is 72.4 Å². The molecule has 0 aliphatic carbocycles. The normalized spacial score (nSPS) is 14.5. The van der Waals surface area contributed by atoms with Gasteiger partial charge in [0.25, 0.3) is 0 Å². The summed E-state index contributed by atoms with van der Waals surface area (Å²) in [6.45, 7) is 1.97. The zero-order chi connectivity index (χ0) is 21.9. The van der Waals surface area contributed by atoms with E-state index in [1.807, 2.05) is 61.9 Å². The monoisotopic (exact) mass is 427 g/mol. The second kappa shape index (κ2) is 8.88. The Morgan fingerprint density at radius 1 is 1.09 bits per heavy atom.